The molecule has 17 heavy (non-hydrogen) atoms. The fraction of sp³-hybridized carbons (Fsp3) is 0.545. The molecule has 1 aliphatic heterocycles. The van der Waals surface area contributed by atoms with Gasteiger partial charge in [0.1, 0.15) is 0 Å². The number of nitrogens with zero attached hydrogens (tertiary/aromatic N) is 3. The minimum Gasteiger partial charge on any atom is -0.481 e. The van der Waals surface area contributed by atoms with Crippen LogP contribution in [0.2, 0.25) is 0 Å². The molecule has 6 heteroatoms. The third-order valence-corrected chi connectivity index (χ3v) is 3.12. The average molecular weight is 237 g/mol. The number of methoxy groups -OCH3 is 1. The Morgan fingerprint density at radius 2 is 2.35 bits per heavy atom. The molecule has 0 amide bonds. The fourth-order valence-electron chi connectivity index (χ4n) is 1.92. The van der Waals surface area contributed by atoms with Gasteiger partial charge in [0.15, 0.2) is 5.82 Å². The second-order valence-electron chi connectivity index (χ2n) is 4.46. The minimum absolute atomic E-state index is 0.437. The number of aliphatic carboxylic acids is 1. The van der Waals surface area contributed by atoms with E-state index in [0.717, 1.165) is 0 Å². The molecule has 92 valence electrons. The van der Waals surface area contributed by atoms with E-state index in [1.54, 1.807) is 13.1 Å². The van der Waals surface area contributed by atoms with Crippen LogP contribution in [-0.4, -0.2) is 41.2 Å². The molecular formula is C11H15N3O3. The molecule has 0 aromatic carbocycles. The maximum absolute atomic E-state index is 11.1. The Morgan fingerprint density at radius 1 is 1.59 bits per heavy atom. The number of ether oxygens (including phenoxy) is 1. The van der Waals surface area contributed by atoms with E-state index < -0.39 is 11.4 Å². The highest BCUT2D eigenvalue weighted by molar-refractivity contribution is 5.76. The number of aromatic nitrogens is 2. The lowest BCUT2D eigenvalue weighted by molar-refractivity contribution is -0.146. The van der Waals surface area contributed by atoms with Crippen LogP contribution < -0.4 is 9.64 Å². The predicted molar refractivity (Wildman–Crippen MR) is 61.2 cm³/mol. The normalized spacial score (nSPS) is 23.8. The summed E-state index contributed by atoms with van der Waals surface area (Å²) < 4.78 is 5.00. The molecule has 1 saturated heterocycles. The van der Waals surface area contributed by atoms with Gasteiger partial charge in [-0.05, 0) is 13.3 Å². The maximum Gasteiger partial charge on any atom is 0.311 e. The number of rotatable bonds is 3. The van der Waals surface area contributed by atoms with Crippen LogP contribution in [0.5, 0.6) is 5.88 Å². The van der Waals surface area contributed by atoms with E-state index in [1.807, 2.05) is 4.90 Å². The summed E-state index contributed by atoms with van der Waals surface area (Å²) in [6.45, 7) is 2.87. The molecule has 0 spiro atoms. The molecule has 1 unspecified atom stereocenters. The van der Waals surface area contributed by atoms with Crippen molar-refractivity contribution >= 4 is 11.8 Å². The number of hydrogen-bond acceptors (Lipinski definition) is 5. The summed E-state index contributed by atoms with van der Waals surface area (Å²) in [5.41, 5.74) is -0.704. The summed E-state index contributed by atoms with van der Waals surface area (Å²) in [6, 6.07) is 0. The maximum atomic E-state index is 11.1. The standard InChI is InChI=1S/C11H15N3O3/c1-11(10(15)16)3-4-14(7-11)8-5-12-6-9(13-8)17-2/h5-6H,3-4,7H2,1-2H3,(H,15,16). The topological polar surface area (TPSA) is 75.5 Å². The van der Waals surface area contributed by atoms with E-state index in [4.69, 9.17) is 9.84 Å². The van der Waals surface area contributed by atoms with E-state index in [0.29, 0.717) is 31.2 Å². The molecule has 0 bridgehead atoms. The van der Waals surface area contributed by atoms with Crippen molar-refractivity contribution in [1.82, 2.24) is 9.97 Å². The largest absolute Gasteiger partial charge is 0.481 e. The molecule has 2 heterocycles. The van der Waals surface area contributed by atoms with Gasteiger partial charge in [-0.3, -0.25) is 9.78 Å². The molecular weight excluding hydrogens is 222 g/mol. The van der Waals surface area contributed by atoms with Crippen molar-refractivity contribution in [2.75, 3.05) is 25.1 Å². The van der Waals surface area contributed by atoms with E-state index in [2.05, 4.69) is 9.97 Å². The summed E-state index contributed by atoms with van der Waals surface area (Å²) in [5, 5.41) is 9.15. The minimum atomic E-state index is -0.768. The van der Waals surface area contributed by atoms with Gasteiger partial charge in [-0.1, -0.05) is 0 Å². The first-order valence-electron chi connectivity index (χ1n) is 5.39. The first-order valence-corrected chi connectivity index (χ1v) is 5.39. The molecule has 6 nitrogen and oxygen atoms in total. The summed E-state index contributed by atoms with van der Waals surface area (Å²) in [4.78, 5) is 21.3. The van der Waals surface area contributed by atoms with Crippen molar-refractivity contribution in [3.05, 3.63) is 12.4 Å². The van der Waals surface area contributed by atoms with Gasteiger partial charge >= 0.3 is 5.97 Å². The third-order valence-electron chi connectivity index (χ3n) is 3.12. The fourth-order valence-corrected chi connectivity index (χ4v) is 1.92. The number of hydrogen-bond donors (Lipinski definition) is 1. The molecule has 1 atom stereocenters. The van der Waals surface area contributed by atoms with E-state index in [1.165, 1.54) is 13.3 Å². The SMILES string of the molecule is COc1cncc(N2CCC(C)(C(=O)O)C2)n1. The Kier molecular flexibility index (Phi) is 2.87. The quantitative estimate of drug-likeness (QED) is 0.837. The number of carboxylic acid groups (broad SMARTS) is 1. The summed E-state index contributed by atoms with van der Waals surface area (Å²) in [5.74, 6) is 0.330. The zero-order valence-electron chi connectivity index (χ0n) is 9.88. The third kappa shape index (κ3) is 2.15. The highest BCUT2D eigenvalue weighted by Gasteiger charge is 2.41. The highest BCUT2D eigenvalue weighted by Crippen LogP contribution is 2.32. The van der Waals surface area contributed by atoms with Crippen molar-refractivity contribution in [3.63, 3.8) is 0 Å². The van der Waals surface area contributed by atoms with Crippen LogP contribution in [-0.2, 0) is 4.79 Å². The lowest BCUT2D eigenvalue weighted by Crippen LogP contribution is -2.32. The zero-order chi connectivity index (χ0) is 12.5. The molecule has 1 aromatic rings. The lowest BCUT2D eigenvalue weighted by atomic mass is 9.90. The van der Waals surface area contributed by atoms with Gasteiger partial charge in [0.05, 0.1) is 24.9 Å². The Bertz CT molecular complexity index is 438. The summed E-state index contributed by atoms with van der Waals surface area (Å²) in [7, 11) is 1.53. The first kappa shape index (κ1) is 11.6. The molecule has 1 fully saturated rings. The van der Waals surface area contributed by atoms with Gasteiger partial charge in [0, 0.05) is 13.1 Å². The van der Waals surface area contributed by atoms with Crippen molar-refractivity contribution < 1.29 is 14.6 Å². The summed E-state index contributed by atoms with van der Waals surface area (Å²) >= 11 is 0. The van der Waals surface area contributed by atoms with Crippen LogP contribution in [0.1, 0.15) is 13.3 Å². The number of carboxylic acids is 1. The Labute approximate surface area is 99.2 Å². The average Bonchev–Trinajstić information content (AvgIpc) is 2.74. The molecule has 0 aliphatic carbocycles. The van der Waals surface area contributed by atoms with Gasteiger partial charge in [-0.2, -0.15) is 4.98 Å². The molecule has 2 rings (SSSR count). The molecule has 1 aromatic heterocycles. The monoisotopic (exact) mass is 237 g/mol. The van der Waals surface area contributed by atoms with Crippen LogP contribution in [0.25, 0.3) is 0 Å². The van der Waals surface area contributed by atoms with Crippen molar-refractivity contribution in [1.29, 1.82) is 0 Å². The van der Waals surface area contributed by atoms with Gasteiger partial charge in [0.2, 0.25) is 5.88 Å². The Balaban J connectivity index is 2.17. The van der Waals surface area contributed by atoms with Crippen LogP contribution >= 0.6 is 0 Å². The first-order chi connectivity index (χ1) is 8.05. The molecule has 1 aliphatic rings. The molecule has 0 radical (unpaired) electrons. The van der Waals surface area contributed by atoms with Crippen molar-refractivity contribution in [2.45, 2.75) is 13.3 Å². The second kappa shape index (κ2) is 4.20. The molecule has 1 N–H and O–H groups in total. The Morgan fingerprint density at radius 3 is 2.94 bits per heavy atom. The van der Waals surface area contributed by atoms with Gasteiger partial charge in [-0.25, -0.2) is 0 Å². The molecule has 0 saturated carbocycles. The van der Waals surface area contributed by atoms with E-state index in [-0.39, 0.29) is 0 Å². The van der Waals surface area contributed by atoms with Crippen LogP contribution in [0.4, 0.5) is 5.82 Å². The number of carbonyl (C=O) groups is 1. The van der Waals surface area contributed by atoms with E-state index >= 15 is 0 Å². The predicted octanol–water partition coefficient (Wildman–Crippen LogP) is 0.786. The van der Waals surface area contributed by atoms with Crippen LogP contribution in [0, 0.1) is 5.41 Å². The van der Waals surface area contributed by atoms with Crippen LogP contribution in [0.15, 0.2) is 12.4 Å². The Hall–Kier alpha value is -1.85. The highest BCUT2D eigenvalue weighted by atomic mass is 16.5. The lowest BCUT2D eigenvalue weighted by Gasteiger charge is -2.20. The van der Waals surface area contributed by atoms with Crippen molar-refractivity contribution in [2.24, 2.45) is 5.41 Å². The number of anilines is 1. The van der Waals surface area contributed by atoms with E-state index in [9.17, 15) is 4.79 Å². The second-order valence-corrected chi connectivity index (χ2v) is 4.46. The zero-order valence-corrected chi connectivity index (χ0v) is 9.88. The van der Waals surface area contributed by atoms with Crippen LogP contribution in [0.3, 0.4) is 0 Å². The van der Waals surface area contributed by atoms with Gasteiger partial charge < -0.3 is 14.7 Å². The smallest absolute Gasteiger partial charge is 0.311 e. The van der Waals surface area contributed by atoms with Gasteiger partial charge in [0.25, 0.3) is 0 Å². The summed E-state index contributed by atoms with van der Waals surface area (Å²) in [6.07, 6.45) is 3.76. The van der Waals surface area contributed by atoms with Gasteiger partial charge in [-0.15, -0.1) is 0 Å². The van der Waals surface area contributed by atoms with Crippen molar-refractivity contribution in [3.8, 4) is 5.88 Å².